The van der Waals surface area contributed by atoms with Gasteiger partial charge in [0.05, 0.1) is 0 Å². The van der Waals surface area contributed by atoms with Gasteiger partial charge in [0.25, 0.3) is 5.91 Å². The van der Waals surface area contributed by atoms with Gasteiger partial charge in [-0.1, -0.05) is 24.3 Å². The number of H-pyrrole nitrogens is 1. The van der Waals surface area contributed by atoms with Gasteiger partial charge in [-0.2, -0.15) is 0 Å². The van der Waals surface area contributed by atoms with Crippen molar-refractivity contribution in [2.45, 2.75) is 31.6 Å². The first-order valence-corrected chi connectivity index (χ1v) is 8.16. The quantitative estimate of drug-likeness (QED) is 0.914. The number of fused-ring (bicyclic) bond motifs is 2. The molecule has 1 heterocycles. The van der Waals surface area contributed by atoms with Crippen LogP contribution in [0, 0.1) is 12.8 Å². The van der Waals surface area contributed by atoms with Crippen molar-refractivity contribution in [3.05, 3.63) is 69.1 Å². The summed E-state index contributed by atoms with van der Waals surface area (Å²) in [5.74, 6) is 0.208. The van der Waals surface area contributed by atoms with Gasteiger partial charge in [0.15, 0.2) is 5.43 Å². The average Bonchev–Trinajstić information content (AvgIpc) is 3.12. The number of nitrogens with one attached hydrogen (secondary N) is 2. The molecule has 0 unspecified atom stereocenters. The van der Waals surface area contributed by atoms with E-state index in [1.165, 1.54) is 29.8 Å². The van der Waals surface area contributed by atoms with E-state index in [4.69, 9.17) is 0 Å². The number of aromatic nitrogens is 1. The predicted octanol–water partition coefficient (Wildman–Crippen LogP) is 2.32. The van der Waals surface area contributed by atoms with Crippen molar-refractivity contribution in [3.8, 4) is 0 Å². The Morgan fingerprint density at radius 3 is 3.04 bits per heavy atom. The number of carbonyl (C=O) groups excluding carboxylic acids is 1. The minimum Gasteiger partial charge on any atom is -0.364 e. The Hall–Kier alpha value is -2.36. The van der Waals surface area contributed by atoms with Crippen LogP contribution in [0.15, 0.2) is 41.3 Å². The molecule has 4 rings (SSSR count). The van der Waals surface area contributed by atoms with Crippen LogP contribution in [0.25, 0.3) is 0 Å². The predicted molar refractivity (Wildman–Crippen MR) is 88.7 cm³/mol. The Morgan fingerprint density at radius 2 is 2.22 bits per heavy atom. The van der Waals surface area contributed by atoms with E-state index in [2.05, 4.69) is 34.6 Å². The molecule has 0 saturated heterocycles. The summed E-state index contributed by atoms with van der Waals surface area (Å²) in [6, 6.07) is 10.1. The molecule has 4 nitrogen and oxygen atoms in total. The fourth-order valence-electron chi connectivity index (χ4n) is 4.06. The second kappa shape index (κ2) is 5.08. The monoisotopic (exact) mass is 308 g/mol. The molecule has 0 radical (unpaired) electrons. The summed E-state index contributed by atoms with van der Waals surface area (Å²) in [5, 5.41) is 2.94. The van der Waals surface area contributed by atoms with E-state index in [1.807, 2.05) is 0 Å². The number of carbonyl (C=O) groups is 1. The van der Waals surface area contributed by atoms with Gasteiger partial charge in [-0.3, -0.25) is 9.59 Å². The lowest BCUT2D eigenvalue weighted by atomic mass is 9.95. The van der Waals surface area contributed by atoms with Gasteiger partial charge in [0.2, 0.25) is 0 Å². The topological polar surface area (TPSA) is 62.0 Å². The summed E-state index contributed by atoms with van der Waals surface area (Å²) in [6.07, 6.45) is 4.95. The SMILES string of the molecule is Cc1cc(=O)c(C(=O)NC[C@@H]2C[C@@]23CCc2ccccc23)c[nH]1. The summed E-state index contributed by atoms with van der Waals surface area (Å²) in [7, 11) is 0. The number of rotatable bonds is 3. The zero-order valence-electron chi connectivity index (χ0n) is 13.2. The largest absolute Gasteiger partial charge is 0.364 e. The van der Waals surface area contributed by atoms with Crippen molar-refractivity contribution >= 4 is 5.91 Å². The third-order valence-corrected chi connectivity index (χ3v) is 5.44. The van der Waals surface area contributed by atoms with Gasteiger partial charge < -0.3 is 10.3 Å². The Labute approximate surface area is 134 Å². The van der Waals surface area contributed by atoms with E-state index in [0.717, 1.165) is 18.5 Å². The summed E-state index contributed by atoms with van der Waals surface area (Å²) >= 11 is 0. The molecule has 4 heteroatoms. The molecular formula is C19H20N2O2. The van der Waals surface area contributed by atoms with Gasteiger partial charge in [-0.05, 0) is 43.2 Å². The molecule has 23 heavy (non-hydrogen) atoms. The fourth-order valence-corrected chi connectivity index (χ4v) is 4.06. The van der Waals surface area contributed by atoms with Crippen molar-refractivity contribution in [1.29, 1.82) is 0 Å². The van der Waals surface area contributed by atoms with Gasteiger partial charge >= 0.3 is 0 Å². The molecule has 2 N–H and O–H groups in total. The van der Waals surface area contributed by atoms with E-state index in [0.29, 0.717) is 12.5 Å². The molecule has 1 spiro atoms. The molecular weight excluding hydrogens is 288 g/mol. The first-order valence-electron chi connectivity index (χ1n) is 8.16. The number of aryl methyl sites for hydroxylation is 2. The zero-order valence-corrected chi connectivity index (χ0v) is 13.2. The third kappa shape index (κ3) is 2.29. The lowest BCUT2D eigenvalue weighted by molar-refractivity contribution is 0.0949. The highest BCUT2D eigenvalue weighted by molar-refractivity contribution is 5.93. The normalized spacial score (nSPS) is 24.5. The lowest BCUT2D eigenvalue weighted by Gasteiger charge is -2.12. The smallest absolute Gasteiger partial charge is 0.256 e. The Bertz CT molecular complexity index is 839. The minimum absolute atomic E-state index is 0.192. The maximum Gasteiger partial charge on any atom is 0.256 e. The van der Waals surface area contributed by atoms with Crippen LogP contribution in [0.5, 0.6) is 0 Å². The van der Waals surface area contributed by atoms with E-state index in [1.54, 1.807) is 6.92 Å². The molecule has 2 aromatic rings. The third-order valence-electron chi connectivity index (χ3n) is 5.44. The average molecular weight is 308 g/mol. The molecule has 2 aliphatic carbocycles. The first-order chi connectivity index (χ1) is 11.1. The minimum atomic E-state index is -0.278. The maximum absolute atomic E-state index is 12.2. The van der Waals surface area contributed by atoms with Crippen molar-refractivity contribution in [2.75, 3.05) is 6.54 Å². The van der Waals surface area contributed by atoms with Gasteiger partial charge in [-0.25, -0.2) is 0 Å². The molecule has 118 valence electrons. The number of aromatic amines is 1. The highest BCUT2D eigenvalue weighted by Gasteiger charge is 2.57. The van der Waals surface area contributed by atoms with Crippen LogP contribution in [0.2, 0.25) is 0 Å². The number of pyridine rings is 1. The highest BCUT2D eigenvalue weighted by Crippen LogP contribution is 2.61. The Kier molecular flexibility index (Phi) is 3.15. The van der Waals surface area contributed by atoms with Crippen LogP contribution in [-0.2, 0) is 11.8 Å². The summed E-state index contributed by atoms with van der Waals surface area (Å²) in [6.45, 7) is 2.44. The Morgan fingerprint density at radius 1 is 1.39 bits per heavy atom. The highest BCUT2D eigenvalue weighted by atomic mass is 16.2. The molecule has 1 aromatic heterocycles. The zero-order chi connectivity index (χ0) is 16.0. The van der Waals surface area contributed by atoms with Crippen LogP contribution in [0.3, 0.4) is 0 Å². The maximum atomic E-state index is 12.2. The second-order valence-electron chi connectivity index (χ2n) is 6.82. The number of amides is 1. The molecule has 2 aliphatic rings. The van der Waals surface area contributed by atoms with Crippen LogP contribution in [0.4, 0.5) is 0 Å². The van der Waals surface area contributed by atoms with E-state index >= 15 is 0 Å². The van der Waals surface area contributed by atoms with Crippen molar-refractivity contribution in [2.24, 2.45) is 5.92 Å². The second-order valence-corrected chi connectivity index (χ2v) is 6.82. The Balaban J connectivity index is 1.44. The van der Waals surface area contributed by atoms with E-state index < -0.39 is 0 Å². The van der Waals surface area contributed by atoms with Crippen molar-refractivity contribution < 1.29 is 4.79 Å². The van der Waals surface area contributed by atoms with Crippen LogP contribution >= 0.6 is 0 Å². The van der Waals surface area contributed by atoms with Crippen molar-refractivity contribution in [3.63, 3.8) is 0 Å². The van der Waals surface area contributed by atoms with Crippen LogP contribution in [0.1, 0.15) is 40.0 Å². The fraction of sp³-hybridized carbons (Fsp3) is 0.368. The number of hydrogen-bond donors (Lipinski definition) is 2. The number of benzene rings is 1. The number of hydrogen-bond acceptors (Lipinski definition) is 2. The van der Waals surface area contributed by atoms with Gasteiger partial charge in [0, 0.05) is 29.9 Å². The standard InChI is InChI=1S/C19H20N2O2/c1-12-8-17(22)15(11-20-12)18(23)21-10-14-9-19(14)7-6-13-4-2-3-5-16(13)19/h2-5,8,11,14H,6-7,9-10H2,1H3,(H,20,22)(H,21,23)/t14-,19-/m0/s1. The van der Waals surface area contributed by atoms with Crippen molar-refractivity contribution in [1.82, 2.24) is 10.3 Å². The van der Waals surface area contributed by atoms with Crippen LogP contribution in [-0.4, -0.2) is 17.4 Å². The van der Waals surface area contributed by atoms with E-state index in [9.17, 15) is 9.59 Å². The van der Waals surface area contributed by atoms with Gasteiger partial charge in [0.1, 0.15) is 5.56 Å². The molecule has 0 aliphatic heterocycles. The molecule has 1 amide bonds. The van der Waals surface area contributed by atoms with Crippen LogP contribution < -0.4 is 10.7 Å². The van der Waals surface area contributed by atoms with Gasteiger partial charge in [-0.15, -0.1) is 0 Å². The molecule has 2 atom stereocenters. The summed E-state index contributed by atoms with van der Waals surface area (Å²) in [4.78, 5) is 27.0. The molecule has 1 saturated carbocycles. The lowest BCUT2D eigenvalue weighted by Crippen LogP contribution is -2.31. The molecule has 1 aromatic carbocycles. The molecule has 1 fully saturated rings. The summed E-state index contributed by atoms with van der Waals surface area (Å²) in [5.41, 5.74) is 3.91. The molecule has 0 bridgehead atoms. The summed E-state index contributed by atoms with van der Waals surface area (Å²) < 4.78 is 0. The van der Waals surface area contributed by atoms with E-state index in [-0.39, 0.29) is 22.3 Å². The first kappa shape index (κ1) is 14.2.